The molecule has 132 valence electrons. The van der Waals surface area contributed by atoms with Crippen LogP contribution < -0.4 is 0 Å². The fourth-order valence-corrected chi connectivity index (χ4v) is 2.64. The summed E-state index contributed by atoms with van der Waals surface area (Å²) in [4.78, 5) is 26.0. The van der Waals surface area contributed by atoms with Crippen molar-refractivity contribution in [3.8, 4) is 0 Å². The van der Waals surface area contributed by atoms with E-state index in [0.29, 0.717) is 5.69 Å². The van der Waals surface area contributed by atoms with Crippen molar-refractivity contribution in [3.63, 3.8) is 0 Å². The van der Waals surface area contributed by atoms with Crippen molar-refractivity contribution in [2.45, 2.75) is 6.61 Å². The van der Waals surface area contributed by atoms with Gasteiger partial charge in [0.25, 0.3) is 0 Å². The molecule has 0 aliphatic heterocycles. The molecule has 0 unspecified atom stereocenters. The molecule has 5 nitrogen and oxygen atoms in total. The quantitative estimate of drug-likeness (QED) is 0.530. The molecule has 0 bridgehead atoms. The molecule has 0 aliphatic rings. The van der Waals surface area contributed by atoms with E-state index in [0.717, 1.165) is 16.5 Å². The van der Waals surface area contributed by atoms with E-state index in [1.54, 1.807) is 24.7 Å². The number of para-hydroxylation sites is 1. The fraction of sp³-hybridized carbons (Fsp3) is 0.143. The Morgan fingerprint density at radius 2 is 1.73 bits per heavy atom. The molecule has 0 saturated heterocycles. The van der Waals surface area contributed by atoms with Gasteiger partial charge in [-0.3, -0.25) is 4.57 Å². The van der Waals surface area contributed by atoms with E-state index in [2.05, 4.69) is 0 Å². The molecule has 0 N–H and O–H groups in total. The predicted octanol–water partition coefficient (Wildman–Crippen LogP) is 3.93. The molecule has 3 aromatic rings. The summed E-state index contributed by atoms with van der Waals surface area (Å²) in [5.41, 5.74) is 2.34. The molecule has 0 fully saturated rings. The van der Waals surface area contributed by atoms with E-state index in [9.17, 15) is 9.59 Å². The highest BCUT2D eigenvalue weighted by molar-refractivity contribution is 5.96. The standard InChI is InChI=1S/C21H20N2O3/c1-22(2)21(25)23-18(14-17-10-6-7-11-19(17)23)12-13-20(24)26-15-16-8-4-3-5-9-16/h3-14H,15H2,1-2H3/b13-12+. The summed E-state index contributed by atoms with van der Waals surface area (Å²) in [5.74, 6) is -0.456. The number of ether oxygens (including phenoxy) is 1. The summed E-state index contributed by atoms with van der Waals surface area (Å²) >= 11 is 0. The van der Waals surface area contributed by atoms with E-state index in [4.69, 9.17) is 4.74 Å². The highest BCUT2D eigenvalue weighted by atomic mass is 16.5. The van der Waals surface area contributed by atoms with Crippen molar-refractivity contribution in [3.05, 3.63) is 78.0 Å². The predicted molar refractivity (Wildman–Crippen MR) is 102 cm³/mol. The first-order chi connectivity index (χ1) is 12.6. The lowest BCUT2D eigenvalue weighted by Gasteiger charge is -2.13. The Labute approximate surface area is 152 Å². The number of hydrogen-bond donors (Lipinski definition) is 0. The topological polar surface area (TPSA) is 51.5 Å². The van der Waals surface area contributed by atoms with Crippen molar-refractivity contribution >= 4 is 29.0 Å². The summed E-state index contributed by atoms with van der Waals surface area (Å²) in [6.07, 6.45) is 2.95. The molecular formula is C21H20N2O3. The van der Waals surface area contributed by atoms with E-state index in [1.807, 2.05) is 60.7 Å². The smallest absolute Gasteiger partial charge is 0.331 e. The zero-order valence-electron chi connectivity index (χ0n) is 14.8. The lowest BCUT2D eigenvalue weighted by atomic mass is 10.2. The normalized spacial score (nSPS) is 11.0. The molecule has 1 aromatic heterocycles. The van der Waals surface area contributed by atoms with Crippen LogP contribution in [0.25, 0.3) is 17.0 Å². The number of rotatable bonds is 4. The van der Waals surface area contributed by atoms with Gasteiger partial charge in [-0.1, -0.05) is 48.5 Å². The number of benzene rings is 2. The summed E-state index contributed by atoms with van der Waals surface area (Å²) in [7, 11) is 3.39. The minimum atomic E-state index is -0.456. The van der Waals surface area contributed by atoms with E-state index >= 15 is 0 Å². The van der Waals surface area contributed by atoms with Gasteiger partial charge in [-0.15, -0.1) is 0 Å². The molecule has 2 aromatic carbocycles. The third kappa shape index (κ3) is 3.83. The van der Waals surface area contributed by atoms with Gasteiger partial charge in [0.2, 0.25) is 0 Å². The Morgan fingerprint density at radius 3 is 2.46 bits per heavy atom. The van der Waals surface area contributed by atoms with Gasteiger partial charge in [0.15, 0.2) is 0 Å². The van der Waals surface area contributed by atoms with Crippen molar-refractivity contribution in [1.82, 2.24) is 9.47 Å². The lowest BCUT2D eigenvalue weighted by Crippen LogP contribution is -2.27. The van der Waals surface area contributed by atoms with Crippen molar-refractivity contribution in [2.24, 2.45) is 0 Å². The Hall–Kier alpha value is -3.34. The van der Waals surface area contributed by atoms with E-state index < -0.39 is 5.97 Å². The molecule has 1 heterocycles. The molecule has 0 saturated carbocycles. The van der Waals surface area contributed by atoms with Crippen molar-refractivity contribution in [1.29, 1.82) is 0 Å². The molecule has 0 aliphatic carbocycles. The molecule has 0 radical (unpaired) electrons. The van der Waals surface area contributed by atoms with Gasteiger partial charge in [0.05, 0.1) is 11.2 Å². The summed E-state index contributed by atoms with van der Waals surface area (Å²) in [5, 5.41) is 0.931. The first-order valence-electron chi connectivity index (χ1n) is 8.27. The maximum atomic E-state index is 12.5. The number of aromatic nitrogens is 1. The Kier molecular flexibility index (Phi) is 5.17. The van der Waals surface area contributed by atoms with Crippen LogP contribution in [0, 0.1) is 0 Å². The number of hydrogen-bond acceptors (Lipinski definition) is 3. The average molecular weight is 348 g/mol. The lowest BCUT2D eigenvalue weighted by molar-refractivity contribution is -0.138. The van der Waals surface area contributed by atoms with Gasteiger partial charge >= 0.3 is 12.0 Å². The SMILES string of the molecule is CN(C)C(=O)n1c(/C=C/C(=O)OCc2ccccc2)cc2ccccc21. The van der Waals surface area contributed by atoms with Crippen molar-refractivity contribution in [2.75, 3.05) is 14.1 Å². The first kappa shape index (κ1) is 17.5. The van der Waals surface area contributed by atoms with Gasteiger partial charge in [-0.2, -0.15) is 0 Å². The summed E-state index contributed by atoms with van der Waals surface area (Å²) in [6, 6.07) is 18.8. The van der Waals surface area contributed by atoms with Gasteiger partial charge in [0, 0.05) is 25.6 Å². The monoisotopic (exact) mass is 348 g/mol. The van der Waals surface area contributed by atoms with Gasteiger partial charge in [0.1, 0.15) is 6.61 Å². The maximum Gasteiger partial charge on any atom is 0.331 e. The molecule has 0 atom stereocenters. The number of carbonyl (C=O) groups is 2. The molecule has 0 spiro atoms. The average Bonchev–Trinajstić information content (AvgIpc) is 3.03. The number of nitrogens with zero attached hydrogens (tertiary/aromatic N) is 2. The largest absolute Gasteiger partial charge is 0.458 e. The molecule has 1 amide bonds. The highest BCUT2D eigenvalue weighted by Gasteiger charge is 2.15. The zero-order valence-corrected chi connectivity index (χ0v) is 14.8. The van der Waals surface area contributed by atoms with Crippen LogP contribution in [-0.2, 0) is 16.1 Å². The minimum Gasteiger partial charge on any atom is -0.458 e. The molecular weight excluding hydrogens is 328 g/mol. The Morgan fingerprint density at radius 1 is 1.04 bits per heavy atom. The third-order valence-corrected chi connectivity index (χ3v) is 3.93. The van der Waals surface area contributed by atoms with Crippen LogP contribution in [0.5, 0.6) is 0 Å². The number of esters is 1. The van der Waals surface area contributed by atoms with Crippen LogP contribution in [0.15, 0.2) is 66.7 Å². The minimum absolute atomic E-state index is 0.177. The van der Waals surface area contributed by atoms with Crippen molar-refractivity contribution < 1.29 is 14.3 Å². The third-order valence-electron chi connectivity index (χ3n) is 3.93. The number of fused-ring (bicyclic) bond motifs is 1. The second-order valence-electron chi connectivity index (χ2n) is 6.07. The highest BCUT2D eigenvalue weighted by Crippen LogP contribution is 2.21. The fourth-order valence-electron chi connectivity index (χ4n) is 2.64. The zero-order chi connectivity index (χ0) is 18.5. The Balaban J connectivity index is 1.81. The van der Waals surface area contributed by atoms with E-state index in [-0.39, 0.29) is 12.6 Å². The van der Waals surface area contributed by atoms with Gasteiger partial charge < -0.3 is 9.64 Å². The van der Waals surface area contributed by atoms with Gasteiger partial charge in [-0.05, 0) is 23.8 Å². The van der Waals surface area contributed by atoms with Gasteiger partial charge in [-0.25, -0.2) is 9.59 Å². The molecule has 26 heavy (non-hydrogen) atoms. The number of amides is 1. The summed E-state index contributed by atoms with van der Waals surface area (Å²) < 4.78 is 6.82. The van der Waals surface area contributed by atoms with Crippen LogP contribution in [-0.4, -0.2) is 35.6 Å². The van der Waals surface area contributed by atoms with Crippen LogP contribution >= 0.6 is 0 Å². The second kappa shape index (κ2) is 7.70. The van der Waals surface area contributed by atoms with Crippen LogP contribution in [0.3, 0.4) is 0 Å². The van der Waals surface area contributed by atoms with Crippen LogP contribution in [0.1, 0.15) is 11.3 Å². The van der Waals surface area contributed by atoms with Crippen LogP contribution in [0.4, 0.5) is 4.79 Å². The molecule has 3 rings (SSSR count). The van der Waals surface area contributed by atoms with E-state index in [1.165, 1.54) is 11.0 Å². The Bertz CT molecular complexity index is 956. The maximum absolute atomic E-state index is 12.5. The molecule has 5 heteroatoms. The summed E-state index contributed by atoms with van der Waals surface area (Å²) in [6.45, 7) is 0.212. The van der Waals surface area contributed by atoms with Crippen LogP contribution in [0.2, 0.25) is 0 Å². The second-order valence-corrected chi connectivity index (χ2v) is 6.07. The number of carbonyl (C=O) groups excluding carboxylic acids is 2. The first-order valence-corrected chi connectivity index (χ1v) is 8.27.